The Morgan fingerprint density at radius 3 is 2.25 bits per heavy atom. The SMILES string of the molecule is NC(CC1CCCCC1)C[C@H](N)C(=O)N1CCCCC1. The third kappa shape index (κ3) is 4.74. The molecular weight excluding hydrogens is 250 g/mol. The lowest BCUT2D eigenvalue weighted by Crippen LogP contribution is -2.48. The number of carbonyl (C=O) groups is 1. The third-order valence-electron chi connectivity index (χ3n) is 4.90. The molecule has 2 atom stereocenters. The predicted molar refractivity (Wildman–Crippen MR) is 82.2 cm³/mol. The number of hydrogen-bond acceptors (Lipinski definition) is 3. The van der Waals surface area contributed by atoms with Gasteiger partial charge in [-0.2, -0.15) is 0 Å². The monoisotopic (exact) mass is 281 g/mol. The Bertz CT molecular complexity index is 296. The summed E-state index contributed by atoms with van der Waals surface area (Å²) in [5.74, 6) is 0.875. The second-order valence-electron chi connectivity index (χ2n) is 6.73. The quantitative estimate of drug-likeness (QED) is 0.809. The maximum atomic E-state index is 12.3. The summed E-state index contributed by atoms with van der Waals surface area (Å²) in [6, 6.07) is -0.312. The van der Waals surface area contributed by atoms with Crippen LogP contribution in [0.15, 0.2) is 0 Å². The second-order valence-corrected chi connectivity index (χ2v) is 6.73. The van der Waals surface area contributed by atoms with E-state index < -0.39 is 6.04 Å². The molecule has 1 unspecified atom stereocenters. The fourth-order valence-electron chi connectivity index (χ4n) is 3.72. The molecule has 0 spiro atoms. The molecule has 0 bridgehead atoms. The van der Waals surface area contributed by atoms with Crippen molar-refractivity contribution in [3.8, 4) is 0 Å². The number of hydrogen-bond donors (Lipinski definition) is 2. The van der Waals surface area contributed by atoms with Crippen molar-refractivity contribution >= 4 is 5.91 Å². The van der Waals surface area contributed by atoms with Crippen molar-refractivity contribution in [2.45, 2.75) is 76.3 Å². The van der Waals surface area contributed by atoms with Gasteiger partial charge in [0, 0.05) is 19.1 Å². The largest absolute Gasteiger partial charge is 0.341 e. The van der Waals surface area contributed by atoms with Crippen LogP contribution in [0, 0.1) is 5.92 Å². The highest BCUT2D eigenvalue weighted by atomic mass is 16.2. The van der Waals surface area contributed by atoms with E-state index in [0.29, 0.717) is 6.42 Å². The lowest BCUT2D eigenvalue weighted by Gasteiger charge is -2.30. The number of nitrogens with zero attached hydrogens (tertiary/aromatic N) is 1. The molecule has 0 aromatic carbocycles. The van der Waals surface area contributed by atoms with Gasteiger partial charge < -0.3 is 16.4 Å². The number of piperidine rings is 1. The van der Waals surface area contributed by atoms with Gasteiger partial charge in [-0.15, -0.1) is 0 Å². The molecule has 1 aliphatic carbocycles. The van der Waals surface area contributed by atoms with E-state index in [1.807, 2.05) is 4.90 Å². The average molecular weight is 281 g/mol. The van der Waals surface area contributed by atoms with Crippen molar-refractivity contribution in [1.82, 2.24) is 4.90 Å². The molecule has 20 heavy (non-hydrogen) atoms. The van der Waals surface area contributed by atoms with Gasteiger partial charge in [0.1, 0.15) is 0 Å². The van der Waals surface area contributed by atoms with Crippen LogP contribution in [0.5, 0.6) is 0 Å². The zero-order valence-corrected chi connectivity index (χ0v) is 12.7. The lowest BCUT2D eigenvalue weighted by molar-refractivity contribution is -0.133. The van der Waals surface area contributed by atoms with Gasteiger partial charge in [0.05, 0.1) is 6.04 Å². The third-order valence-corrected chi connectivity index (χ3v) is 4.90. The summed E-state index contributed by atoms with van der Waals surface area (Å²) < 4.78 is 0. The Balaban J connectivity index is 1.71. The number of amides is 1. The highest BCUT2D eigenvalue weighted by molar-refractivity contribution is 5.81. The van der Waals surface area contributed by atoms with E-state index in [9.17, 15) is 4.79 Å². The van der Waals surface area contributed by atoms with Crippen molar-refractivity contribution in [3.05, 3.63) is 0 Å². The molecular formula is C16H31N3O. The summed E-state index contributed by atoms with van der Waals surface area (Å²) >= 11 is 0. The molecule has 4 N–H and O–H groups in total. The Hall–Kier alpha value is -0.610. The number of rotatable bonds is 5. The minimum absolute atomic E-state index is 0.0850. The highest BCUT2D eigenvalue weighted by Gasteiger charge is 2.25. The first-order chi connectivity index (χ1) is 9.66. The van der Waals surface area contributed by atoms with E-state index >= 15 is 0 Å². The van der Waals surface area contributed by atoms with E-state index in [0.717, 1.165) is 38.3 Å². The fraction of sp³-hybridized carbons (Fsp3) is 0.938. The summed E-state index contributed by atoms with van der Waals surface area (Å²) in [4.78, 5) is 14.2. The smallest absolute Gasteiger partial charge is 0.239 e. The Morgan fingerprint density at radius 1 is 1.00 bits per heavy atom. The van der Waals surface area contributed by atoms with Crippen LogP contribution in [0.25, 0.3) is 0 Å². The highest BCUT2D eigenvalue weighted by Crippen LogP contribution is 2.27. The predicted octanol–water partition coefficient (Wildman–Crippen LogP) is 2.01. The van der Waals surface area contributed by atoms with Gasteiger partial charge >= 0.3 is 0 Å². The van der Waals surface area contributed by atoms with Gasteiger partial charge in [0.15, 0.2) is 0 Å². The van der Waals surface area contributed by atoms with Crippen LogP contribution >= 0.6 is 0 Å². The van der Waals surface area contributed by atoms with Crippen molar-refractivity contribution < 1.29 is 4.79 Å². The maximum Gasteiger partial charge on any atom is 0.239 e. The van der Waals surface area contributed by atoms with Gasteiger partial charge in [-0.25, -0.2) is 0 Å². The Morgan fingerprint density at radius 2 is 1.60 bits per heavy atom. The van der Waals surface area contributed by atoms with Crippen molar-refractivity contribution in [1.29, 1.82) is 0 Å². The normalized spacial score (nSPS) is 24.4. The number of carbonyl (C=O) groups excluding carboxylic acids is 1. The zero-order valence-electron chi connectivity index (χ0n) is 12.7. The van der Waals surface area contributed by atoms with Gasteiger partial charge in [-0.05, 0) is 38.0 Å². The van der Waals surface area contributed by atoms with Crippen molar-refractivity contribution in [3.63, 3.8) is 0 Å². The molecule has 1 aliphatic heterocycles. The van der Waals surface area contributed by atoms with Crippen LogP contribution in [0.4, 0.5) is 0 Å². The standard InChI is InChI=1S/C16H31N3O/c17-14(11-13-7-3-1-4-8-13)12-15(18)16(20)19-9-5-2-6-10-19/h13-15H,1-12,17-18H2/t14?,15-/m0/s1. The summed E-state index contributed by atoms with van der Waals surface area (Å²) in [6.45, 7) is 1.76. The first-order valence-electron chi connectivity index (χ1n) is 8.47. The number of nitrogens with two attached hydrogens (primary N) is 2. The molecule has 4 nitrogen and oxygen atoms in total. The topological polar surface area (TPSA) is 72.3 Å². The van der Waals surface area contributed by atoms with E-state index in [2.05, 4.69) is 0 Å². The molecule has 0 radical (unpaired) electrons. The molecule has 1 saturated carbocycles. The molecule has 0 aromatic heterocycles. The average Bonchev–Trinajstić information content (AvgIpc) is 2.48. The molecule has 1 amide bonds. The van der Waals surface area contributed by atoms with Crippen LogP contribution in [0.3, 0.4) is 0 Å². The summed E-state index contributed by atoms with van der Waals surface area (Å²) in [5, 5.41) is 0. The van der Waals surface area contributed by atoms with Gasteiger partial charge in [0.2, 0.25) is 5.91 Å². The van der Waals surface area contributed by atoms with Gasteiger partial charge in [-0.3, -0.25) is 4.79 Å². The van der Waals surface area contributed by atoms with E-state index in [1.54, 1.807) is 0 Å². The van der Waals surface area contributed by atoms with Crippen LogP contribution in [-0.2, 0) is 4.79 Å². The van der Waals surface area contributed by atoms with E-state index in [-0.39, 0.29) is 11.9 Å². The van der Waals surface area contributed by atoms with Crippen molar-refractivity contribution in [2.24, 2.45) is 17.4 Å². The molecule has 0 aromatic rings. The molecule has 2 aliphatic rings. The van der Waals surface area contributed by atoms with E-state index in [4.69, 9.17) is 11.5 Å². The first-order valence-corrected chi connectivity index (χ1v) is 8.47. The fourth-order valence-corrected chi connectivity index (χ4v) is 3.72. The van der Waals surface area contributed by atoms with Crippen LogP contribution in [0.2, 0.25) is 0 Å². The second kappa shape index (κ2) is 7.99. The summed E-state index contributed by atoms with van der Waals surface area (Å²) in [5.41, 5.74) is 12.3. The van der Waals surface area contributed by atoms with Crippen molar-refractivity contribution in [2.75, 3.05) is 13.1 Å². The zero-order chi connectivity index (χ0) is 14.4. The molecule has 2 rings (SSSR count). The minimum Gasteiger partial charge on any atom is -0.341 e. The molecule has 2 fully saturated rings. The van der Waals surface area contributed by atoms with Gasteiger partial charge in [-0.1, -0.05) is 32.1 Å². The lowest BCUT2D eigenvalue weighted by atomic mass is 9.84. The van der Waals surface area contributed by atoms with Crippen LogP contribution < -0.4 is 11.5 Å². The van der Waals surface area contributed by atoms with E-state index in [1.165, 1.54) is 38.5 Å². The summed E-state index contributed by atoms with van der Waals surface area (Å²) in [6.07, 6.45) is 11.8. The Labute approximate surface area is 123 Å². The van der Waals surface area contributed by atoms with Crippen LogP contribution in [0.1, 0.15) is 64.2 Å². The molecule has 4 heteroatoms. The number of likely N-dealkylation sites (tertiary alicyclic amines) is 1. The molecule has 1 heterocycles. The molecule has 116 valence electrons. The van der Waals surface area contributed by atoms with Gasteiger partial charge in [0.25, 0.3) is 0 Å². The maximum absolute atomic E-state index is 12.3. The summed E-state index contributed by atoms with van der Waals surface area (Å²) in [7, 11) is 0. The molecule has 1 saturated heterocycles. The van der Waals surface area contributed by atoms with Crippen LogP contribution in [-0.4, -0.2) is 36.0 Å². The minimum atomic E-state index is -0.397. The Kier molecular flexibility index (Phi) is 6.30. The first kappa shape index (κ1) is 15.8.